The maximum Gasteiger partial charge on any atom is 0.270 e. The molecular formula is C13H24Cl2N4O2S. The Morgan fingerprint density at radius 1 is 1.50 bits per heavy atom. The highest BCUT2D eigenvalue weighted by Crippen LogP contribution is 2.12. The van der Waals surface area contributed by atoms with Gasteiger partial charge in [0.1, 0.15) is 10.7 Å². The Bertz CT molecular complexity index is 439. The van der Waals surface area contributed by atoms with E-state index in [4.69, 9.17) is 10.5 Å². The molecule has 1 aromatic heterocycles. The Hall–Kier alpha value is -0.440. The van der Waals surface area contributed by atoms with Crippen LogP contribution in [0, 0.1) is 0 Å². The van der Waals surface area contributed by atoms with Crippen LogP contribution in [0.15, 0.2) is 5.38 Å². The number of ether oxygens (including phenoxy) is 1. The van der Waals surface area contributed by atoms with Crippen molar-refractivity contribution >= 4 is 42.1 Å². The summed E-state index contributed by atoms with van der Waals surface area (Å²) in [5, 5.41) is 5.62. The van der Waals surface area contributed by atoms with Gasteiger partial charge in [0.05, 0.1) is 6.61 Å². The second kappa shape index (κ2) is 11.2. The zero-order valence-electron chi connectivity index (χ0n) is 12.6. The molecule has 0 radical (unpaired) electrons. The van der Waals surface area contributed by atoms with Crippen molar-refractivity contribution < 1.29 is 9.53 Å². The van der Waals surface area contributed by atoms with Gasteiger partial charge in [0.25, 0.3) is 5.91 Å². The first-order chi connectivity index (χ1) is 9.72. The highest BCUT2D eigenvalue weighted by Gasteiger charge is 2.21. The number of carbonyl (C=O) groups is 1. The summed E-state index contributed by atoms with van der Waals surface area (Å²) in [6.45, 7) is 4.11. The van der Waals surface area contributed by atoms with Gasteiger partial charge in [-0.3, -0.25) is 4.79 Å². The predicted octanol–water partition coefficient (Wildman–Crippen LogP) is 1.29. The molecule has 6 nitrogen and oxygen atoms in total. The minimum atomic E-state index is -0.0868. The number of piperidine rings is 1. The van der Waals surface area contributed by atoms with Crippen molar-refractivity contribution in [3.63, 3.8) is 0 Å². The number of carbonyl (C=O) groups excluding carboxylic acids is 1. The topological polar surface area (TPSA) is 80.5 Å². The van der Waals surface area contributed by atoms with Gasteiger partial charge in [-0.15, -0.1) is 36.2 Å². The summed E-state index contributed by atoms with van der Waals surface area (Å²) >= 11 is 1.43. The fraction of sp³-hybridized carbons (Fsp3) is 0.692. The second-order valence-electron chi connectivity index (χ2n) is 4.91. The Morgan fingerprint density at radius 3 is 2.73 bits per heavy atom. The van der Waals surface area contributed by atoms with Crippen LogP contribution >= 0.6 is 36.2 Å². The number of halogens is 2. The maximum atomic E-state index is 12.1. The summed E-state index contributed by atoms with van der Waals surface area (Å²) in [7, 11) is 1.72. The van der Waals surface area contributed by atoms with E-state index in [1.165, 1.54) is 11.3 Å². The summed E-state index contributed by atoms with van der Waals surface area (Å²) in [5.74, 6) is -0.0868. The maximum absolute atomic E-state index is 12.1. The number of hydrogen-bond acceptors (Lipinski definition) is 6. The van der Waals surface area contributed by atoms with Crippen LogP contribution in [0.1, 0.15) is 28.3 Å². The van der Waals surface area contributed by atoms with E-state index in [-0.39, 0.29) is 36.8 Å². The molecule has 0 aromatic carbocycles. The standard InChI is InChI=1S/C13H22N4O2S.2ClH/c1-19-7-6-17-4-2-10(3-5-17)15-13(18)11-9-20-12(8-14)16-11;;/h9-10H,2-8,14H2,1H3,(H,15,18);2*1H. The van der Waals surface area contributed by atoms with Gasteiger partial charge >= 0.3 is 0 Å². The van der Waals surface area contributed by atoms with Gasteiger partial charge in [-0.05, 0) is 12.8 Å². The highest BCUT2D eigenvalue weighted by atomic mass is 35.5. The molecule has 1 aromatic rings. The van der Waals surface area contributed by atoms with E-state index >= 15 is 0 Å². The quantitative estimate of drug-likeness (QED) is 0.788. The first-order valence-corrected chi connectivity index (χ1v) is 7.77. The average molecular weight is 371 g/mol. The lowest BCUT2D eigenvalue weighted by Crippen LogP contribution is -2.45. The van der Waals surface area contributed by atoms with Crippen molar-refractivity contribution in [3.8, 4) is 0 Å². The van der Waals surface area contributed by atoms with Crippen molar-refractivity contribution in [2.45, 2.75) is 25.4 Å². The number of likely N-dealkylation sites (tertiary alicyclic amines) is 1. The van der Waals surface area contributed by atoms with Crippen LogP contribution in [0.2, 0.25) is 0 Å². The molecule has 0 spiro atoms. The molecule has 0 atom stereocenters. The fourth-order valence-corrected chi connectivity index (χ4v) is 2.94. The molecule has 2 heterocycles. The van der Waals surface area contributed by atoms with E-state index < -0.39 is 0 Å². The van der Waals surface area contributed by atoms with Crippen LogP contribution in [0.3, 0.4) is 0 Å². The normalized spacial score (nSPS) is 15.7. The minimum Gasteiger partial charge on any atom is -0.383 e. The summed E-state index contributed by atoms with van der Waals surface area (Å²) in [5.41, 5.74) is 5.99. The largest absolute Gasteiger partial charge is 0.383 e. The van der Waals surface area contributed by atoms with Crippen molar-refractivity contribution in [2.75, 3.05) is 33.4 Å². The summed E-state index contributed by atoms with van der Waals surface area (Å²) < 4.78 is 5.08. The molecular weight excluding hydrogens is 347 g/mol. The molecule has 1 amide bonds. The van der Waals surface area contributed by atoms with Gasteiger partial charge in [-0.2, -0.15) is 0 Å². The Labute approximate surface area is 147 Å². The molecule has 0 bridgehead atoms. The van der Waals surface area contributed by atoms with Crippen LogP contribution < -0.4 is 11.1 Å². The third kappa shape index (κ3) is 6.36. The first-order valence-electron chi connectivity index (χ1n) is 6.89. The number of nitrogens with one attached hydrogen (secondary N) is 1. The van der Waals surface area contributed by atoms with Crippen molar-refractivity contribution in [1.29, 1.82) is 0 Å². The smallest absolute Gasteiger partial charge is 0.270 e. The van der Waals surface area contributed by atoms with E-state index in [0.717, 1.165) is 44.1 Å². The van der Waals surface area contributed by atoms with E-state index in [0.29, 0.717) is 12.2 Å². The third-order valence-electron chi connectivity index (χ3n) is 3.49. The Balaban J connectivity index is 0.00000220. The first kappa shape index (κ1) is 21.6. The SMILES string of the molecule is COCCN1CCC(NC(=O)c2csc(CN)n2)CC1.Cl.Cl. The number of methoxy groups -OCH3 is 1. The van der Waals surface area contributed by atoms with Crippen LogP contribution in [0.25, 0.3) is 0 Å². The molecule has 128 valence electrons. The molecule has 22 heavy (non-hydrogen) atoms. The Morgan fingerprint density at radius 2 is 2.18 bits per heavy atom. The number of aromatic nitrogens is 1. The minimum absolute atomic E-state index is 0. The lowest BCUT2D eigenvalue weighted by Gasteiger charge is -2.31. The lowest BCUT2D eigenvalue weighted by atomic mass is 10.0. The number of amides is 1. The van der Waals surface area contributed by atoms with E-state index in [1.807, 2.05) is 0 Å². The monoisotopic (exact) mass is 370 g/mol. The zero-order chi connectivity index (χ0) is 14.4. The number of thiazole rings is 1. The molecule has 0 unspecified atom stereocenters. The number of nitrogens with zero attached hydrogens (tertiary/aromatic N) is 2. The second-order valence-corrected chi connectivity index (χ2v) is 5.86. The average Bonchev–Trinajstić information content (AvgIpc) is 2.95. The van der Waals surface area contributed by atoms with Crippen molar-refractivity contribution in [1.82, 2.24) is 15.2 Å². The fourth-order valence-electron chi connectivity index (χ4n) is 2.29. The molecule has 3 N–H and O–H groups in total. The molecule has 1 aliphatic rings. The molecule has 2 rings (SSSR count). The van der Waals surface area contributed by atoms with E-state index in [2.05, 4.69) is 15.2 Å². The van der Waals surface area contributed by atoms with Gasteiger partial charge in [0, 0.05) is 44.7 Å². The van der Waals surface area contributed by atoms with Gasteiger partial charge in [0.2, 0.25) is 0 Å². The van der Waals surface area contributed by atoms with E-state index in [9.17, 15) is 4.79 Å². The molecule has 1 aliphatic heterocycles. The molecule has 0 aliphatic carbocycles. The molecule has 1 fully saturated rings. The molecule has 9 heteroatoms. The van der Waals surface area contributed by atoms with Crippen molar-refractivity contribution in [3.05, 3.63) is 16.1 Å². The summed E-state index contributed by atoms with van der Waals surface area (Å²) in [6.07, 6.45) is 1.95. The number of hydrogen-bond donors (Lipinski definition) is 2. The van der Waals surface area contributed by atoms with Gasteiger partial charge < -0.3 is 20.7 Å². The Kier molecular flexibility index (Phi) is 10.9. The lowest BCUT2D eigenvalue weighted by molar-refractivity contribution is 0.0888. The van der Waals surface area contributed by atoms with Crippen LogP contribution in [-0.4, -0.2) is 55.2 Å². The third-order valence-corrected chi connectivity index (χ3v) is 4.36. The van der Waals surface area contributed by atoms with E-state index in [1.54, 1.807) is 12.5 Å². The van der Waals surface area contributed by atoms with Gasteiger partial charge in [-0.1, -0.05) is 0 Å². The van der Waals surface area contributed by atoms with Gasteiger partial charge in [-0.25, -0.2) is 4.98 Å². The molecule has 1 saturated heterocycles. The van der Waals surface area contributed by atoms with Crippen LogP contribution in [-0.2, 0) is 11.3 Å². The van der Waals surface area contributed by atoms with Gasteiger partial charge in [0.15, 0.2) is 0 Å². The molecule has 0 saturated carbocycles. The van der Waals surface area contributed by atoms with Crippen LogP contribution in [0.5, 0.6) is 0 Å². The number of rotatable bonds is 6. The number of nitrogens with two attached hydrogens (primary N) is 1. The predicted molar refractivity (Wildman–Crippen MR) is 93.3 cm³/mol. The summed E-state index contributed by atoms with van der Waals surface area (Å²) in [4.78, 5) is 18.6. The van der Waals surface area contributed by atoms with Crippen LogP contribution in [0.4, 0.5) is 0 Å². The zero-order valence-corrected chi connectivity index (χ0v) is 15.1. The summed E-state index contributed by atoms with van der Waals surface area (Å²) in [6, 6.07) is 0.240. The highest BCUT2D eigenvalue weighted by molar-refractivity contribution is 7.09. The van der Waals surface area contributed by atoms with Crippen molar-refractivity contribution in [2.24, 2.45) is 5.73 Å².